The molecule has 1 aromatic rings. The van der Waals surface area contributed by atoms with Gasteiger partial charge < -0.3 is 10.4 Å². The zero-order valence-corrected chi connectivity index (χ0v) is 10.9. The first-order valence-corrected chi connectivity index (χ1v) is 6.29. The molecule has 0 unspecified atom stereocenters. The number of hydrogen-bond acceptors (Lipinski definition) is 5. The number of aromatic hydroxyl groups is 1. The van der Waals surface area contributed by atoms with Crippen LogP contribution in [0.25, 0.3) is 0 Å². The number of benzene rings is 1. The van der Waals surface area contributed by atoms with Crippen molar-refractivity contribution in [3.8, 4) is 5.75 Å². The Labute approximate surface area is 118 Å². The third-order valence-electron chi connectivity index (χ3n) is 3.33. The van der Waals surface area contributed by atoms with Crippen molar-refractivity contribution in [2.75, 3.05) is 26.2 Å². The number of alkyl halides is 3. The summed E-state index contributed by atoms with van der Waals surface area (Å²) in [6, 6.07) is 0.614. The third kappa shape index (κ3) is 3.42. The minimum atomic E-state index is -4.67. The molecule has 21 heavy (non-hydrogen) atoms. The Balaban J connectivity index is 2.50. The van der Waals surface area contributed by atoms with Gasteiger partial charge in [-0.2, -0.15) is 13.2 Å². The SMILES string of the molecule is O=[N+]([O-])c1ccc(O)cc1[C@H](N1CCNCC1)C(F)(F)F. The number of rotatable bonds is 3. The Hall–Kier alpha value is -1.87. The van der Waals surface area contributed by atoms with Crippen LogP contribution in [0, 0.1) is 10.1 Å². The van der Waals surface area contributed by atoms with Crippen molar-refractivity contribution in [3.05, 3.63) is 33.9 Å². The summed E-state index contributed by atoms with van der Waals surface area (Å²) >= 11 is 0. The molecule has 0 radical (unpaired) electrons. The molecule has 6 nitrogen and oxygen atoms in total. The van der Waals surface area contributed by atoms with Gasteiger partial charge in [0.15, 0.2) is 0 Å². The predicted octanol–water partition coefficient (Wildman–Crippen LogP) is 1.81. The van der Waals surface area contributed by atoms with E-state index in [9.17, 15) is 28.4 Å². The van der Waals surface area contributed by atoms with Crippen molar-refractivity contribution < 1.29 is 23.2 Å². The van der Waals surface area contributed by atoms with E-state index in [4.69, 9.17) is 0 Å². The molecule has 116 valence electrons. The first-order valence-electron chi connectivity index (χ1n) is 6.29. The van der Waals surface area contributed by atoms with Crippen molar-refractivity contribution in [3.63, 3.8) is 0 Å². The van der Waals surface area contributed by atoms with Crippen LogP contribution < -0.4 is 5.32 Å². The van der Waals surface area contributed by atoms with Gasteiger partial charge in [0.1, 0.15) is 11.8 Å². The summed E-state index contributed by atoms with van der Waals surface area (Å²) in [6.07, 6.45) is -4.67. The van der Waals surface area contributed by atoms with Crippen LogP contribution in [0.4, 0.5) is 18.9 Å². The van der Waals surface area contributed by atoms with Crippen LogP contribution in [0.5, 0.6) is 5.75 Å². The van der Waals surface area contributed by atoms with E-state index >= 15 is 0 Å². The van der Waals surface area contributed by atoms with E-state index in [0.717, 1.165) is 23.1 Å². The molecule has 1 heterocycles. The smallest absolute Gasteiger partial charge is 0.408 e. The van der Waals surface area contributed by atoms with Crippen LogP contribution >= 0.6 is 0 Å². The van der Waals surface area contributed by atoms with E-state index in [0.29, 0.717) is 13.1 Å². The second-order valence-corrected chi connectivity index (χ2v) is 4.73. The lowest BCUT2D eigenvalue weighted by atomic mass is 10.0. The van der Waals surface area contributed by atoms with Crippen molar-refractivity contribution in [1.29, 1.82) is 0 Å². The molecular formula is C12H14F3N3O3. The van der Waals surface area contributed by atoms with Crippen LogP contribution in [0.15, 0.2) is 18.2 Å². The zero-order chi connectivity index (χ0) is 15.6. The number of nitro benzene ring substituents is 1. The Kier molecular flexibility index (Phi) is 4.33. The maximum absolute atomic E-state index is 13.4. The minimum Gasteiger partial charge on any atom is -0.508 e. The molecule has 1 saturated heterocycles. The number of nitro groups is 1. The fourth-order valence-corrected chi connectivity index (χ4v) is 2.45. The first kappa shape index (κ1) is 15.5. The van der Waals surface area contributed by atoms with E-state index in [-0.39, 0.29) is 13.1 Å². The first-order chi connectivity index (χ1) is 9.80. The van der Waals surface area contributed by atoms with E-state index in [1.807, 2.05) is 0 Å². The zero-order valence-electron chi connectivity index (χ0n) is 10.9. The fourth-order valence-electron chi connectivity index (χ4n) is 2.45. The molecule has 0 aliphatic carbocycles. The number of piperazine rings is 1. The molecule has 0 amide bonds. The van der Waals surface area contributed by atoms with Crippen molar-refractivity contribution in [1.82, 2.24) is 10.2 Å². The lowest BCUT2D eigenvalue weighted by Crippen LogP contribution is -2.49. The van der Waals surface area contributed by atoms with Crippen LogP contribution in [0.1, 0.15) is 11.6 Å². The van der Waals surface area contributed by atoms with Gasteiger partial charge in [0.25, 0.3) is 5.69 Å². The molecule has 1 aliphatic heterocycles. The lowest BCUT2D eigenvalue weighted by Gasteiger charge is -2.35. The average Bonchev–Trinajstić information content (AvgIpc) is 2.38. The second-order valence-electron chi connectivity index (χ2n) is 4.73. The lowest BCUT2D eigenvalue weighted by molar-refractivity contribution is -0.386. The molecule has 9 heteroatoms. The summed E-state index contributed by atoms with van der Waals surface area (Å²) in [5.41, 5.74) is -1.18. The normalized spacial score (nSPS) is 18.4. The van der Waals surface area contributed by atoms with Crippen LogP contribution in [0.2, 0.25) is 0 Å². The highest BCUT2D eigenvalue weighted by Crippen LogP contribution is 2.42. The monoisotopic (exact) mass is 305 g/mol. The highest BCUT2D eigenvalue weighted by molar-refractivity contribution is 5.47. The van der Waals surface area contributed by atoms with Crippen molar-refractivity contribution in [2.24, 2.45) is 0 Å². The topological polar surface area (TPSA) is 78.6 Å². The summed E-state index contributed by atoms with van der Waals surface area (Å²) in [6.45, 7) is 0.992. The Morgan fingerprint density at radius 2 is 1.95 bits per heavy atom. The number of phenolic OH excluding ortho intramolecular Hbond substituents is 1. The standard InChI is InChI=1S/C12H14F3N3O3/c13-12(14,15)11(17-5-3-16-4-6-17)9-7-8(19)1-2-10(9)18(20)21/h1-2,7,11,16,19H,3-6H2/t11-/m0/s1. The molecule has 2 rings (SSSR count). The molecule has 0 aromatic heterocycles. The largest absolute Gasteiger partial charge is 0.508 e. The summed E-state index contributed by atoms with van der Waals surface area (Å²) in [7, 11) is 0. The maximum Gasteiger partial charge on any atom is 0.408 e. The maximum atomic E-state index is 13.4. The summed E-state index contributed by atoms with van der Waals surface area (Å²) < 4.78 is 40.2. The Morgan fingerprint density at radius 1 is 1.33 bits per heavy atom. The number of phenols is 1. The molecule has 1 fully saturated rings. The van der Waals surface area contributed by atoms with E-state index < -0.39 is 34.1 Å². The molecule has 0 saturated carbocycles. The number of nitrogens with zero attached hydrogens (tertiary/aromatic N) is 2. The third-order valence-corrected chi connectivity index (χ3v) is 3.33. The number of hydrogen-bond donors (Lipinski definition) is 2. The predicted molar refractivity (Wildman–Crippen MR) is 68.0 cm³/mol. The van der Waals surface area contributed by atoms with Crippen LogP contribution in [-0.2, 0) is 0 Å². The van der Waals surface area contributed by atoms with Gasteiger partial charge in [0.2, 0.25) is 0 Å². The van der Waals surface area contributed by atoms with E-state index in [1.165, 1.54) is 0 Å². The van der Waals surface area contributed by atoms with Gasteiger partial charge in [-0.15, -0.1) is 0 Å². The van der Waals surface area contributed by atoms with E-state index in [1.54, 1.807) is 0 Å². The molecule has 0 bridgehead atoms. The van der Waals surface area contributed by atoms with Gasteiger partial charge in [-0.25, -0.2) is 0 Å². The quantitative estimate of drug-likeness (QED) is 0.658. The number of halogens is 3. The Morgan fingerprint density at radius 3 is 2.48 bits per heavy atom. The minimum absolute atomic E-state index is 0.122. The summed E-state index contributed by atoms with van der Waals surface area (Å²) in [5.74, 6) is -0.431. The summed E-state index contributed by atoms with van der Waals surface area (Å²) in [4.78, 5) is 11.2. The molecule has 1 aliphatic rings. The van der Waals surface area contributed by atoms with Gasteiger partial charge >= 0.3 is 6.18 Å². The van der Waals surface area contributed by atoms with Crippen LogP contribution in [0.3, 0.4) is 0 Å². The van der Waals surface area contributed by atoms with Crippen LogP contribution in [-0.4, -0.2) is 47.3 Å². The van der Waals surface area contributed by atoms with Crippen molar-refractivity contribution >= 4 is 5.69 Å². The van der Waals surface area contributed by atoms with Gasteiger partial charge in [-0.1, -0.05) is 0 Å². The Bertz CT molecular complexity index is 530. The molecule has 0 spiro atoms. The molecular weight excluding hydrogens is 291 g/mol. The highest BCUT2D eigenvalue weighted by Gasteiger charge is 2.47. The fraction of sp³-hybridized carbons (Fsp3) is 0.500. The number of nitrogens with one attached hydrogen (secondary N) is 1. The van der Waals surface area contributed by atoms with Crippen molar-refractivity contribution in [2.45, 2.75) is 12.2 Å². The van der Waals surface area contributed by atoms with Gasteiger partial charge in [0, 0.05) is 32.2 Å². The van der Waals surface area contributed by atoms with Gasteiger partial charge in [0.05, 0.1) is 10.5 Å². The van der Waals surface area contributed by atoms with Gasteiger partial charge in [-0.3, -0.25) is 15.0 Å². The second kappa shape index (κ2) is 5.86. The average molecular weight is 305 g/mol. The highest BCUT2D eigenvalue weighted by atomic mass is 19.4. The van der Waals surface area contributed by atoms with Gasteiger partial charge in [-0.05, 0) is 12.1 Å². The molecule has 1 atom stereocenters. The van der Waals surface area contributed by atoms with E-state index in [2.05, 4.69) is 5.32 Å². The molecule has 1 aromatic carbocycles. The molecule has 2 N–H and O–H groups in total. The summed E-state index contributed by atoms with van der Waals surface area (Å²) in [5, 5.41) is 23.3.